The molecule has 0 spiro atoms. The Hall–Kier alpha value is -2.36. The van der Waals surface area contributed by atoms with Crippen molar-refractivity contribution in [2.45, 2.75) is 18.4 Å². The molecule has 0 amide bonds. The maximum atomic E-state index is 5.29. The van der Waals surface area contributed by atoms with Crippen LogP contribution in [0.5, 0.6) is 11.5 Å². The molecular weight excluding hydrogens is 312 g/mol. The van der Waals surface area contributed by atoms with Crippen molar-refractivity contribution in [3.05, 3.63) is 54.1 Å². The number of azo groups is 1. The highest BCUT2D eigenvalue weighted by molar-refractivity contribution is 5.41. The molecule has 4 fully saturated rings. The maximum Gasteiger partial charge on any atom is 0.119 e. The van der Waals surface area contributed by atoms with E-state index in [2.05, 4.69) is 29.4 Å². The molecule has 4 nitrogen and oxygen atoms in total. The summed E-state index contributed by atoms with van der Waals surface area (Å²) in [4.78, 5) is 0. The topological polar surface area (TPSA) is 43.2 Å². The largest absolute Gasteiger partial charge is 0.497 e. The Kier molecular flexibility index (Phi) is 3.34. The minimum absolute atomic E-state index is 0.393. The molecule has 4 bridgehead atoms. The van der Waals surface area contributed by atoms with Crippen molar-refractivity contribution in [2.75, 3.05) is 14.2 Å². The van der Waals surface area contributed by atoms with E-state index in [4.69, 9.17) is 14.6 Å². The van der Waals surface area contributed by atoms with Crippen molar-refractivity contribution < 1.29 is 9.47 Å². The smallest absolute Gasteiger partial charge is 0.119 e. The molecule has 6 atom stereocenters. The van der Waals surface area contributed by atoms with Crippen LogP contribution < -0.4 is 9.47 Å². The first-order valence-corrected chi connectivity index (χ1v) is 8.99. The van der Waals surface area contributed by atoms with Crippen molar-refractivity contribution in [3.8, 4) is 11.5 Å². The fourth-order valence-corrected chi connectivity index (χ4v) is 5.35. The Labute approximate surface area is 147 Å². The maximum absolute atomic E-state index is 5.29. The third-order valence-corrected chi connectivity index (χ3v) is 6.43. The first kappa shape index (κ1) is 14.9. The van der Waals surface area contributed by atoms with Gasteiger partial charge in [0, 0.05) is 0 Å². The number of nitrogens with zero attached hydrogens (tertiary/aromatic N) is 2. The van der Waals surface area contributed by atoms with Gasteiger partial charge in [-0.1, -0.05) is 12.1 Å². The molecular formula is C21H22N2O2. The Balaban J connectivity index is 1.34. The van der Waals surface area contributed by atoms with Crippen LogP contribution in [0, 0.1) is 23.7 Å². The van der Waals surface area contributed by atoms with E-state index in [9.17, 15) is 0 Å². The van der Waals surface area contributed by atoms with Crippen LogP contribution in [0.3, 0.4) is 0 Å². The summed E-state index contributed by atoms with van der Waals surface area (Å²) in [5.74, 6) is 5.52. The molecule has 0 aromatic heterocycles. The summed E-state index contributed by atoms with van der Waals surface area (Å²) < 4.78 is 10.5. The summed E-state index contributed by atoms with van der Waals surface area (Å²) in [6.07, 6.45) is 1.32. The zero-order valence-corrected chi connectivity index (χ0v) is 14.5. The molecule has 0 heterocycles. The number of hydrogen-bond acceptors (Lipinski definition) is 4. The predicted molar refractivity (Wildman–Crippen MR) is 95.6 cm³/mol. The van der Waals surface area contributed by atoms with Crippen LogP contribution in [0.25, 0.3) is 0 Å². The number of ether oxygens (including phenoxy) is 2. The Morgan fingerprint density at radius 3 is 2.04 bits per heavy atom. The molecule has 0 N–H and O–H groups in total. The van der Waals surface area contributed by atoms with Crippen molar-refractivity contribution in [2.24, 2.45) is 33.9 Å². The van der Waals surface area contributed by atoms with Crippen LogP contribution in [0.15, 0.2) is 58.8 Å². The lowest BCUT2D eigenvalue weighted by Crippen LogP contribution is -2.13. The molecule has 4 aliphatic carbocycles. The van der Waals surface area contributed by atoms with E-state index in [1.165, 1.54) is 12.0 Å². The van der Waals surface area contributed by atoms with E-state index in [1.807, 2.05) is 24.3 Å². The monoisotopic (exact) mass is 334 g/mol. The molecule has 4 heteroatoms. The summed E-state index contributed by atoms with van der Waals surface area (Å²) in [7, 11) is 3.39. The molecule has 4 aliphatic rings. The van der Waals surface area contributed by atoms with Gasteiger partial charge in [0.05, 0.1) is 25.9 Å². The molecule has 0 radical (unpaired) electrons. The lowest BCUT2D eigenvalue weighted by molar-refractivity contribution is 0.414. The van der Waals surface area contributed by atoms with Gasteiger partial charge in [-0.2, -0.15) is 10.2 Å². The summed E-state index contributed by atoms with van der Waals surface area (Å²) in [6.45, 7) is 0. The van der Waals surface area contributed by atoms with Gasteiger partial charge in [0.25, 0.3) is 0 Å². The number of benzene rings is 2. The van der Waals surface area contributed by atoms with Gasteiger partial charge in [0.2, 0.25) is 0 Å². The fraction of sp³-hybridized carbons (Fsp3) is 0.429. The fourth-order valence-electron chi connectivity index (χ4n) is 5.35. The predicted octanol–water partition coefficient (Wildman–Crippen LogP) is 4.84. The molecule has 2 aromatic rings. The third kappa shape index (κ3) is 2.27. The van der Waals surface area contributed by atoms with Gasteiger partial charge in [-0.3, -0.25) is 0 Å². The van der Waals surface area contributed by atoms with Crippen molar-refractivity contribution in [1.29, 1.82) is 0 Å². The lowest BCUT2D eigenvalue weighted by Gasteiger charge is -2.18. The molecule has 0 saturated heterocycles. The van der Waals surface area contributed by atoms with E-state index in [1.54, 1.807) is 14.2 Å². The van der Waals surface area contributed by atoms with Gasteiger partial charge in [0.15, 0.2) is 0 Å². The Morgan fingerprint density at radius 1 is 0.800 bits per heavy atom. The molecule has 0 aliphatic heterocycles. The van der Waals surface area contributed by atoms with Crippen LogP contribution in [0.1, 0.15) is 17.9 Å². The van der Waals surface area contributed by atoms with Crippen molar-refractivity contribution in [1.82, 2.24) is 0 Å². The first-order chi connectivity index (χ1) is 12.3. The summed E-state index contributed by atoms with van der Waals surface area (Å²) in [5.41, 5.74) is 2.35. The Morgan fingerprint density at radius 2 is 1.44 bits per heavy atom. The van der Waals surface area contributed by atoms with Gasteiger partial charge < -0.3 is 9.47 Å². The normalized spacial score (nSPS) is 34.5. The van der Waals surface area contributed by atoms with Gasteiger partial charge in [0.1, 0.15) is 11.5 Å². The third-order valence-electron chi connectivity index (χ3n) is 6.43. The SMILES string of the molecule is COc1ccc(N=NC2C3C4C(c5ccc(OC)cc5)[C@H]2C[C@H]34)cc1. The summed E-state index contributed by atoms with van der Waals surface area (Å²) >= 11 is 0. The van der Waals surface area contributed by atoms with E-state index in [0.717, 1.165) is 34.9 Å². The first-order valence-electron chi connectivity index (χ1n) is 8.99. The number of methoxy groups -OCH3 is 2. The van der Waals surface area contributed by atoms with Gasteiger partial charge in [-0.25, -0.2) is 0 Å². The second kappa shape index (κ2) is 5.58. The standard InChI is InChI=1S/C21H22N2O2/c1-24-14-7-3-12(4-8-14)18-17-11-16-19(18)20(16)21(17)23-22-13-5-9-15(25-2)10-6-13/h3-10,16-21H,11H2,1-2H3/t16-,17+,18?,19?,20?,21?/m0/s1. The average Bonchev–Trinajstić information content (AvgIpc) is 2.98. The summed E-state index contributed by atoms with van der Waals surface area (Å²) in [6, 6.07) is 16.8. The molecule has 4 unspecified atom stereocenters. The number of rotatable bonds is 5. The minimum atomic E-state index is 0.393. The molecule has 4 saturated carbocycles. The van der Waals surface area contributed by atoms with E-state index in [-0.39, 0.29) is 0 Å². The number of hydrogen-bond donors (Lipinski definition) is 0. The average molecular weight is 334 g/mol. The molecule has 25 heavy (non-hydrogen) atoms. The second-order valence-electron chi connectivity index (χ2n) is 7.42. The summed E-state index contributed by atoms with van der Waals surface area (Å²) in [5, 5.41) is 9.29. The van der Waals surface area contributed by atoms with Crippen molar-refractivity contribution in [3.63, 3.8) is 0 Å². The molecule has 6 rings (SSSR count). The highest BCUT2D eigenvalue weighted by atomic mass is 16.5. The van der Waals surface area contributed by atoms with Gasteiger partial charge in [-0.15, -0.1) is 0 Å². The zero-order valence-electron chi connectivity index (χ0n) is 14.5. The molecule has 2 aromatic carbocycles. The van der Waals surface area contributed by atoms with Crippen LogP contribution >= 0.6 is 0 Å². The Bertz CT molecular complexity index is 800. The molecule has 128 valence electrons. The van der Waals surface area contributed by atoms with Crippen LogP contribution in [-0.2, 0) is 0 Å². The van der Waals surface area contributed by atoms with E-state index < -0.39 is 0 Å². The lowest BCUT2D eigenvalue weighted by atomic mass is 9.89. The van der Waals surface area contributed by atoms with Crippen LogP contribution in [0.4, 0.5) is 5.69 Å². The van der Waals surface area contributed by atoms with Crippen LogP contribution in [-0.4, -0.2) is 20.3 Å². The zero-order chi connectivity index (χ0) is 17.0. The highest BCUT2D eigenvalue weighted by Gasteiger charge is 2.74. The van der Waals surface area contributed by atoms with Crippen molar-refractivity contribution >= 4 is 5.69 Å². The van der Waals surface area contributed by atoms with Crippen LogP contribution in [0.2, 0.25) is 0 Å². The quantitative estimate of drug-likeness (QED) is 0.735. The second-order valence-corrected chi connectivity index (χ2v) is 7.42. The highest BCUT2D eigenvalue weighted by Crippen LogP contribution is 2.76. The van der Waals surface area contributed by atoms with Gasteiger partial charge in [-0.05, 0) is 78.0 Å². The van der Waals surface area contributed by atoms with Gasteiger partial charge >= 0.3 is 0 Å². The van der Waals surface area contributed by atoms with E-state index >= 15 is 0 Å². The van der Waals surface area contributed by atoms with E-state index in [0.29, 0.717) is 17.9 Å². The minimum Gasteiger partial charge on any atom is -0.497 e.